The molecule has 3 aromatic rings. The van der Waals surface area contributed by atoms with Gasteiger partial charge in [0, 0.05) is 36.0 Å². The second kappa shape index (κ2) is 10.1. The minimum atomic E-state index is -0.830. The molecule has 3 amide bonds. The summed E-state index contributed by atoms with van der Waals surface area (Å²) >= 11 is 2.14. The maximum atomic E-state index is 13.8. The Kier molecular flexibility index (Phi) is 6.57. The van der Waals surface area contributed by atoms with E-state index in [1.54, 1.807) is 4.90 Å². The molecule has 0 bridgehead atoms. The lowest BCUT2D eigenvalue weighted by Gasteiger charge is -2.31. The number of rotatable bonds is 5. The van der Waals surface area contributed by atoms with Gasteiger partial charge in [-0.15, -0.1) is 0 Å². The second-order valence-electron chi connectivity index (χ2n) is 9.35. The number of benzene rings is 2. The molecular formula is C26H22N4O7S2. The van der Waals surface area contributed by atoms with Crippen LogP contribution < -0.4 is 9.77 Å². The number of aromatic nitrogens is 1. The molecular weight excluding hydrogens is 544 g/mol. The average Bonchev–Trinajstić information content (AvgIpc) is 3.40. The van der Waals surface area contributed by atoms with Gasteiger partial charge in [0.1, 0.15) is 11.8 Å². The van der Waals surface area contributed by atoms with Crippen molar-refractivity contribution in [3.05, 3.63) is 84.8 Å². The van der Waals surface area contributed by atoms with Crippen LogP contribution in [0, 0.1) is 16.0 Å². The Morgan fingerprint density at radius 3 is 2.36 bits per heavy atom. The number of hydrogen-bond donors (Lipinski definition) is 0. The van der Waals surface area contributed by atoms with Crippen LogP contribution in [0.4, 0.5) is 11.4 Å². The molecule has 6 rings (SSSR count). The van der Waals surface area contributed by atoms with Crippen molar-refractivity contribution in [3.63, 3.8) is 0 Å². The summed E-state index contributed by atoms with van der Waals surface area (Å²) in [6.45, 7) is 1.60. The third-order valence-electron chi connectivity index (χ3n) is 7.18. The standard InChI is InChI=1S/C26H22N4O7S2/c31-18(27-10-12-37-13-11-27)14-28-25-22(39-26(28)34)19(15-4-2-1-3-5-15)20-21(38-25)24(33)29(23(20)32)16-6-8-17(9-7-16)30(35)36/h1-9,19-21H,10-14H2/t19-,20+,21-/m0/s1. The van der Waals surface area contributed by atoms with E-state index >= 15 is 0 Å². The summed E-state index contributed by atoms with van der Waals surface area (Å²) in [6, 6.07) is 14.5. The smallest absolute Gasteiger partial charge is 0.308 e. The van der Waals surface area contributed by atoms with Crippen LogP contribution in [-0.4, -0.2) is 63.7 Å². The van der Waals surface area contributed by atoms with E-state index in [0.717, 1.165) is 33.6 Å². The van der Waals surface area contributed by atoms with Gasteiger partial charge in [0.05, 0.1) is 34.8 Å². The number of anilines is 1. The van der Waals surface area contributed by atoms with Gasteiger partial charge >= 0.3 is 4.87 Å². The maximum Gasteiger partial charge on any atom is 0.308 e. The molecule has 1 aromatic heterocycles. The number of hydrogen-bond acceptors (Lipinski definition) is 9. The summed E-state index contributed by atoms with van der Waals surface area (Å²) in [7, 11) is 0. The zero-order valence-electron chi connectivity index (χ0n) is 20.4. The minimum absolute atomic E-state index is 0.150. The summed E-state index contributed by atoms with van der Waals surface area (Å²) in [4.78, 5) is 67.4. The number of nitro benzene ring substituents is 1. The molecule has 0 spiro atoms. The molecule has 0 aliphatic carbocycles. The van der Waals surface area contributed by atoms with Crippen LogP contribution in [0.3, 0.4) is 0 Å². The lowest BCUT2D eigenvalue weighted by atomic mass is 9.83. The van der Waals surface area contributed by atoms with Crippen molar-refractivity contribution in [3.8, 4) is 0 Å². The number of ether oxygens (including phenoxy) is 1. The summed E-state index contributed by atoms with van der Waals surface area (Å²) < 4.78 is 6.74. The molecule has 39 heavy (non-hydrogen) atoms. The van der Waals surface area contributed by atoms with E-state index in [4.69, 9.17) is 4.74 Å². The highest BCUT2D eigenvalue weighted by atomic mass is 32.2. The summed E-state index contributed by atoms with van der Waals surface area (Å²) in [5.74, 6) is -2.44. The van der Waals surface area contributed by atoms with Crippen molar-refractivity contribution < 1.29 is 24.0 Å². The van der Waals surface area contributed by atoms with Crippen LogP contribution in [0.5, 0.6) is 0 Å². The fraction of sp³-hybridized carbons (Fsp3) is 0.308. The van der Waals surface area contributed by atoms with E-state index < -0.39 is 33.8 Å². The molecule has 0 unspecified atom stereocenters. The molecule has 11 nitrogen and oxygen atoms in total. The summed E-state index contributed by atoms with van der Waals surface area (Å²) in [5.41, 5.74) is 0.886. The Hall–Kier alpha value is -3.81. The highest BCUT2D eigenvalue weighted by Crippen LogP contribution is 2.53. The Morgan fingerprint density at radius 2 is 1.69 bits per heavy atom. The molecule has 3 aliphatic heterocycles. The van der Waals surface area contributed by atoms with Gasteiger partial charge in [0.15, 0.2) is 0 Å². The van der Waals surface area contributed by atoms with Gasteiger partial charge in [-0.3, -0.25) is 33.9 Å². The number of amides is 3. The van der Waals surface area contributed by atoms with Crippen LogP contribution in [0.25, 0.3) is 0 Å². The van der Waals surface area contributed by atoms with Gasteiger partial charge in [-0.25, -0.2) is 4.90 Å². The van der Waals surface area contributed by atoms with Crippen molar-refractivity contribution in [1.82, 2.24) is 9.47 Å². The first-order valence-electron chi connectivity index (χ1n) is 12.3. The number of carbonyl (C=O) groups is 3. The molecule has 200 valence electrons. The van der Waals surface area contributed by atoms with Crippen LogP contribution in [0.2, 0.25) is 0 Å². The zero-order valence-corrected chi connectivity index (χ0v) is 22.1. The van der Waals surface area contributed by atoms with Gasteiger partial charge in [-0.05, 0) is 17.7 Å². The molecule has 2 saturated heterocycles. The van der Waals surface area contributed by atoms with E-state index in [9.17, 15) is 29.3 Å². The molecule has 0 radical (unpaired) electrons. The first kappa shape index (κ1) is 25.5. The molecule has 3 aliphatic rings. The predicted molar refractivity (Wildman–Crippen MR) is 143 cm³/mol. The molecule has 2 aromatic carbocycles. The van der Waals surface area contributed by atoms with Gasteiger partial charge < -0.3 is 9.64 Å². The third-order valence-corrected chi connectivity index (χ3v) is 9.79. The predicted octanol–water partition coefficient (Wildman–Crippen LogP) is 2.47. The lowest BCUT2D eigenvalue weighted by Crippen LogP contribution is -2.43. The normalized spacial score (nSPS) is 22.5. The van der Waals surface area contributed by atoms with Gasteiger partial charge in [-0.1, -0.05) is 53.4 Å². The number of morpholine rings is 1. The lowest BCUT2D eigenvalue weighted by molar-refractivity contribution is -0.384. The van der Waals surface area contributed by atoms with Crippen molar-refractivity contribution in [2.75, 3.05) is 31.2 Å². The number of thiazole rings is 1. The van der Waals surface area contributed by atoms with Crippen molar-refractivity contribution >= 4 is 52.2 Å². The van der Waals surface area contributed by atoms with E-state index in [2.05, 4.69) is 0 Å². The molecule has 0 N–H and O–H groups in total. The number of non-ortho nitro benzene ring substituents is 1. The first-order chi connectivity index (χ1) is 18.8. The van der Waals surface area contributed by atoms with E-state index in [-0.39, 0.29) is 28.7 Å². The molecule has 4 heterocycles. The largest absolute Gasteiger partial charge is 0.378 e. The summed E-state index contributed by atoms with van der Waals surface area (Å²) in [6.07, 6.45) is 0. The zero-order chi connectivity index (χ0) is 27.3. The monoisotopic (exact) mass is 566 g/mol. The highest BCUT2D eigenvalue weighted by molar-refractivity contribution is 8.00. The van der Waals surface area contributed by atoms with E-state index in [1.807, 2.05) is 30.3 Å². The van der Waals surface area contributed by atoms with Crippen molar-refractivity contribution in [2.45, 2.75) is 22.7 Å². The SMILES string of the molecule is O=C(Cn1c2c(sc1=O)[C@@H](c1ccccc1)[C@H]1C(=O)N(c3ccc([N+](=O)[O-])cc3)C(=O)[C@H]1S2)N1CCOCC1. The Bertz CT molecular complexity index is 1530. The van der Waals surface area contributed by atoms with E-state index in [0.29, 0.717) is 36.2 Å². The average molecular weight is 567 g/mol. The highest BCUT2D eigenvalue weighted by Gasteiger charge is 2.56. The maximum absolute atomic E-state index is 13.8. The van der Waals surface area contributed by atoms with Crippen LogP contribution in [-0.2, 0) is 25.7 Å². The van der Waals surface area contributed by atoms with Crippen molar-refractivity contribution in [1.29, 1.82) is 0 Å². The number of thioether (sulfide) groups is 1. The number of nitrogens with zero attached hydrogens (tertiary/aromatic N) is 4. The van der Waals surface area contributed by atoms with Gasteiger partial charge in [-0.2, -0.15) is 0 Å². The van der Waals surface area contributed by atoms with E-state index in [1.165, 1.54) is 28.8 Å². The first-order valence-corrected chi connectivity index (χ1v) is 14.0. The number of nitro groups is 1. The fourth-order valence-corrected chi connectivity index (χ4v) is 8.07. The molecule has 2 fully saturated rings. The molecule has 3 atom stereocenters. The Balaban J connectivity index is 1.40. The summed E-state index contributed by atoms with van der Waals surface area (Å²) in [5, 5.41) is 10.8. The van der Waals surface area contributed by atoms with Gasteiger partial charge in [0.2, 0.25) is 17.7 Å². The van der Waals surface area contributed by atoms with Crippen LogP contribution in [0.15, 0.2) is 64.4 Å². The van der Waals surface area contributed by atoms with Crippen molar-refractivity contribution in [2.24, 2.45) is 5.92 Å². The molecule has 13 heteroatoms. The number of imide groups is 1. The van der Waals surface area contributed by atoms with Gasteiger partial charge in [0.25, 0.3) is 5.69 Å². The molecule has 0 saturated carbocycles. The number of fused-ring (bicyclic) bond motifs is 2. The Labute approximate surface area is 230 Å². The third kappa shape index (κ3) is 4.36. The fourth-order valence-electron chi connectivity index (χ4n) is 5.30. The second-order valence-corrected chi connectivity index (χ2v) is 11.5. The Morgan fingerprint density at radius 1 is 1.00 bits per heavy atom. The number of carbonyl (C=O) groups excluding carboxylic acids is 3. The minimum Gasteiger partial charge on any atom is -0.378 e. The quantitative estimate of drug-likeness (QED) is 0.261. The topological polar surface area (TPSA) is 132 Å². The van der Waals surface area contributed by atoms with Crippen LogP contribution in [0.1, 0.15) is 16.4 Å². The van der Waals surface area contributed by atoms with Crippen LogP contribution >= 0.6 is 23.1 Å².